The molecule has 0 amide bonds. The van der Waals surface area contributed by atoms with Crippen LogP contribution in [0, 0.1) is 28.1 Å². The van der Waals surface area contributed by atoms with Crippen LogP contribution in [0.5, 0.6) is 11.5 Å². The van der Waals surface area contributed by atoms with Crippen molar-refractivity contribution in [3.05, 3.63) is 71.3 Å². The molecule has 0 saturated heterocycles. The van der Waals surface area contributed by atoms with E-state index in [-0.39, 0.29) is 5.03 Å². The standard InChI is InChI=1S/C27H28ClNO5/c1-25(2,3)34-23(30)21(28)15-22-26(4,5)27(22,24(31)32)20(16-29)17-10-9-13-19(14-17)33-18-11-7-6-8-12-18/h6-15,20,22H,1-5H3,(H,31,32)/t20?,22-,27+/m0/s1. The van der Waals surface area contributed by atoms with E-state index in [0.717, 1.165) is 0 Å². The molecule has 0 spiro atoms. The average Bonchev–Trinajstić information content (AvgIpc) is 3.23. The molecular formula is C27H28ClNO5. The first-order valence-electron chi connectivity index (χ1n) is 10.9. The molecule has 1 saturated carbocycles. The Morgan fingerprint density at radius 3 is 2.29 bits per heavy atom. The number of carboxylic acids is 1. The lowest BCUT2D eigenvalue weighted by Crippen LogP contribution is -2.29. The molecule has 0 bridgehead atoms. The number of hydrogen-bond donors (Lipinski definition) is 1. The van der Waals surface area contributed by atoms with Gasteiger partial charge in [-0.05, 0) is 56.0 Å². The van der Waals surface area contributed by atoms with Crippen LogP contribution in [-0.4, -0.2) is 22.6 Å². The first-order valence-corrected chi connectivity index (χ1v) is 11.3. The summed E-state index contributed by atoms with van der Waals surface area (Å²) in [5.74, 6) is -2.43. The molecule has 1 aliphatic rings. The molecule has 178 valence electrons. The summed E-state index contributed by atoms with van der Waals surface area (Å²) in [5.41, 5.74) is -2.58. The van der Waals surface area contributed by atoms with E-state index in [9.17, 15) is 20.0 Å². The Bertz CT molecular complexity index is 1160. The lowest BCUT2D eigenvalue weighted by Gasteiger charge is -2.22. The maximum absolute atomic E-state index is 12.7. The van der Waals surface area contributed by atoms with Crippen molar-refractivity contribution in [3.63, 3.8) is 0 Å². The molecule has 6 nitrogen and oxygen atoms in total. The topological polar surface area (TPSA) is 96.6 Å². The zero-order valence-corrected chi connectivity index (χ0v) is 20.6. The van der Waals surface area contributed by atoms with Gasteiger partial charge in [-0.3, -0.25) is 4.79 Å². The first kappa shape index (κ1) is 25.3. The highest BCUT2D eigenvalue weighted by Crippen LogP contribution is 2.75. The number of carbonyl (C=O) groups is 2. The Kier molecular flexibility index (Phi) is 6.82. The molecule has 1 N–H and O–H groups in total. The van der Waals surface area contributed by atoms with Crippen LogP contribution in [0.15, 0.2) is 65.7 Å². The monoisotopic (exact) mass is 481 g/mol. The number of halogens is 1. The molecule has 0 aliphatic heterocycles. The molecule has 2 aromatic carbocycles. The van der Waals surface area contributed by atoms with Crippen LogP contribution in [0.25, 0.3) is 0 Å². The lowest BCUT2D eigenvalue weighted by molar-refractivity contribution is -0.149. The molecule has 1 unspecified atom stereocenters. The largest absolute Gasteiger partial charge is 0.481 e. The number of nitrogens with zero attached hydrogens (tertiary/aromatic N) is 1. The molecule has 0 radical (unpaired) electrons. The van der Waals surface area contributed by atoms with Crippen molar-refractivity contribution in [2.75, 3.05) is 0 Å². The Labute approximate surface area is 204 Å². The highest BCUT2D eigenvalue weighted by Gasteiger charge is 2.78. The van der Waals surface area contributed by atoms with Gasteiger partial charge < -0.3 is 14.6 Å². The van der Waals surface area contributed by atoms with Gasteiger partial charge in [-0.2, -0.15) is 5.26 Å². The molecular weight excluding hydrogens is 454 g/mol. The van der Waals surface area contributed by atoms with E-state index in [1.54, 1.807) is 71.0 Å². The second-order valence-corrected chi connectivity index (χ2v) is 10.3. The number of ether oxygens (including phenoxy) is 2. The van der Waals surface area contributed by atoms with Crippen molar-refractivity contribution in [3.8, 4) is 17.6 Å². The number of aliphatic carboxylic acids is 1. The van der Waals surface area contributed by atoms with Gasteiger partial charge in [0.1, 0.15) is 27.5 Å². The van der Waals surface area contributed by atoms with Gasteiger partial charge in [0.25, 0.3) is 0 Å². The molecule has 1 fully saturated rings. The van der Waals surface area contributed by atoms with Crippen molar-refractivity contribution in [2.24, 2.45) is 16.7 Å². The third-order valence-electron chi connectivity index (χ3n) is 6.27. The van der Waals surface area contributed by atoms with Crippen LogP contribution in [-0.2, 0) is 14.3 Å². The fourth-order valence-electron chi connectivity index (χ4n) is 4.62. The molecule has 3 rings (SSSR count). The van der Waals surface area contributed by atoms with E-state index in [4.69, 9.17) is 21.1 Å². The van der Waals surface area contributed by atoms with E-state index in [1.165, 1.54) is 6.08 Å². The molecule has 0 aromatic heterocycles. The average molecular weight is 482 g/mol. The highest BCUT2D eigenvalue weighted by atomic mass is 35.5. The summed E-state index contributed by atoms with van der Waals surface area (Å²) in [7, 11) is 0. The lowest BCUT2D eigenvalue weighted by atomic mass is 9.78. The summed E-state index contributed by atoms with van der Waals surface area (Å²) in [6, 6.07) is 18.2. The third kappa shape index (κ3) is 4.67. The van der Waals surface area contributed by atoms with Crippen LogP contribution in [0.2, 0.25) is 0 Å². The smallest absolute Gasteiger partial charge is 0.349 e. The zero-order chi connectivity index (χ0) is 25.3. The maximum atomic E-state index is 12.7. The number of carbonyl (C=O) groups excluding carboxylic acids is 1. The molecule has 3 atom stereocenters. The second kappa shape index (κ2) is 9.15. The number of para-hydroxylation sites is 1. The SMILES string of the molecule is CC(C)(C)OC(=O)C(Cl)=C[C@H]1C(C)(C)[C@]1(C(=O)O)C(C#N)c1cccc(Oc2ccccc2)c1. The quantitative estimate of drug-likeness (QED) is 0.369. The van der Waals surface area contributed by atoms with Crippen molar-refractivity contribution >= 4 is 23.5 Å². The van der Waals surface area contributed by atoms with E-state index < -0.39 is 40.2 Å². The summed E-state index contributed by atoms with van der Waals surface area (Å²) in [4.78, 5) is 25.1. The summed E-state index contributed by atoms with van der Waals surface area (Å²) in [6.07, 6.45) is 1.42. The number of nitriles is 1. The minimum Gasteiger partial charge on any atom is -0.481 e. The van der Waals surface area contributed by atoms with Crippen LogP contribution in [0.4, 0.5) is 0 Å². The summed E-state index contributed by atoms with van der Waals surface area (Å²) < 4.78 is 11.2. The van der Waals surface area contributed by atoms with Gasteiger partial charge in [0.15, 0.2) is 0 Å². The fraction of sp³-hybridized carbons (Fsp3) is 0.370. The predicted octanol–water partition coefficient (Wildman–Crippen LogP) is 6.28. The fourth-order valence-corrected chi connectivity index (χ4v) is 4.79. The van der Waals surface area contributed by atoms with Crippen LogP contribution in [0.3, 0.4) is 0 Å². The van der Waals surface area contributed by atoms with Gasteiger partial charge >= 0.3 is 11.9 Å². The molecule has 1 aliphatic carbocycles. The Morgan fingerprint density at radius 2 is 1.74 bits per heavy atom. The van der Waals surface area contributed by atoms with Crippen LogP contribution < -0.4 is 4.74 Å². The molecule has 7 heteroatoms. The van der Waals surface area contributed by atoms with Gasteiger partial charge in [-0.15, -0.1) is 0 Å². The molecule has 0 heterocycles. The van der Waals surface area contributed by atoms with Gasteiger partial charge in [0.05, 0.1) is 12.0 Å². The van der Waals surface area contributed by atoms with Crippen molar-refractivity contribution in [1.82, 2.24) is 0 Å². The number of benzene rings is 2. The minimum atomic E-state index is -1.49. The predicted molar refractivity (Wildman–Crippen MR) is 128 cm³/mol. The molecule has 34 heavy (non-hydrogen) atoms. The van der Waals surface area contributed by atoms with Crippen molar-refractivity contribution in [2.45, 2.75) is 46.1 Å². The molecule has 2 aromatic rings. The van der Waals surface area contributed by atoms with Crippen molar-refractivity contribution < 1.29 is 24.2 Å². The van der Waals surface area contributed by atoms with Gasteiger partial charge in [0.2, 0.25) is 0 Å². The Hall–Kier alpha value is -3.30. The summed E-state index contributed by atoms with van der Waals surface area (Å²) in [6.45, 7) is 8.67. The van der Waals surface area contributed by atoms with E-state index >= 15 is 0 Å². The summed E-state index contributed by atoms with van der Waals surface area (Å²) in [5, 5.41) is 20.3. The number of hydrogen-bond acceptors (Lipinski definition) is 5. The van der Waals surface area contributed by atoms with Crippen LogP contribution >= 0.6 is 11.6 Å². The number of allylic oxidation sites excluding steroid dienone is 1. The van der Waals surface area contributed by atoms with Gasteiger partial charge in [-0.1, -0.05) is 61.9 Å². The van der Waals surface area contributed by atoms with Crippen molar-refractivity contribution in [1.29, 1.82) is 5.26 Å². The third-order valence-corrected chi connectivity index (χ3v) is 6.55. The minimum absolute atomic E-state index is 0.200. The van der Waals surface area contributed by atoms with Crippen LogP contribution in [0.1, 0.15) is 46.1 Å². The highest BCUT2D eigenvalue weighted by molar-refractivity contribution is 6.41. The van der Waals surface area contributed by atoms with E-state index in [1.807, 2.05) is 18.2 Å². The second-order valence-electron chi connectivity index (χ2n) is 9.94. The van der Waals surface area contributed by atoms with Gasteiger partial charge in [0, 0.05) is 5.92 Å². The Morgan fingerprint density at radius 1 is 1.12 bits per heavy atom. The Balaban J connectivity index is 1.98. The summed E-state index contributed by atoms with van der Waals surface area (Å²) >= 11 is 6.23. The van der Waals surface area contributed by atoms with E-state index in [0.29, 0.717) is 17.1 Å². The van der Waals surface area contributed by atoms with E-state index in [2.05, 4.69) is 6.07 Å². The number of carboxylic acid groups (broad SMARTS) is 1. The number of esters is 1. The number of rotatable bonds is 7. The van der Waals surface area contributed by atoms with Gasteiger partial charge in [-0.25, -0.2) is 4.79 Å². The first-order chi connectivity index (χ1) is 15.8. The maximum Gasteiger partial charge on any atom is 0.349 e. The zero-order valence-electron chi connectivity index (χ0n) is 19.8. The normalized spacial score (nSPS) is 22.3.